The predicted octanol–water partition coefficient (Wildman–Crippen LogP) is 3.90. The summed E-state index contributed by atoms with van der Waals surface area (Å²) in [7, 11) is 0. The first-order chi connectivity index (χ1) is 10.7. The molecule has 1 aliphatic rings. The Hall–Kier alpha value is -1.32. The fourth-order valence-electron chi connectivity index (χ4n) is 2.53. The molecule has 4 heteroatoms. The molecule has 0 radical (unpaired) electrons. The monoisotopic (exact) mass is 309 g/mol. The van der Waals surface area contributed by atoms with Crippen molar-refractivity contribution in [2.75, 3.05) is 6.61 Å². The summed E-state index contributed by atoms with van der Waals surface area (Å²) >= 11 is 0. The molecule has 0 aromatic heterocycles. The number of esters is 1. The third kappa shape index (κ3) is 8.85. The van der Waals surface area contributed by atoms with Crippen molar-refractivity contribution < 1.29 is 14.3 Å². The molecule has 1 rings (SSSR count). The lowest BCUT2D eigenvalue weighted by atomic mass is 10.1. The Morgan fingerprint density at radius 1 is 1.14 bits per heavy atom. The van der Waals surface area contributed by atoms with Crippen molar-refractivity contribution in [2.45, 2.75) is 83.6 Å². The van der Waals surface area contributed by atoms with Gasteiger partial charge in [-0.1, -0.05) is 51.2 Å². The molecule has 1 atom stereocenters. The van der Waals surface area contributed by atoms with E-state index in [1.54, 1.807) is 0 Å². The molecule has 0 bridgehead atoms. The van der Waals surface area contributed by atoms with E-state index in [1.165, 1.54) is 44.9 Å². The van der Waals surface area contributed by atoms with Crippen LogP contribution in [0.15, 0.2) is 12.2 Å². The lowest BCUT2D eigenvalue weighted by Crippen LogP contribution is -2.37. The SMILES string of the molecule is CCCCC=CCCCCCCCC(=O)NC1CCOC1=O. The molecular weight excluding hydrogens is 278 g/mol. The average molecular weight is 309 g/mol. The van der Waals surface area contributed by atoms with Crippen LogP contribution in [0.4, 0.5) is 0 Å². The molecule has 0 aromatic carbocycles. The van der Waals surface area contributed by atoms with Crippen LogP contribution in [0.2, 0.25) is 0 Å². The van der Waals surface area contributed by atoms with E-state index in [0.29, 0.717) is 19.4 Å². The summed E-state index contributed by atoms with van der Waals surface area (Å²) in [5.41, 5.74) is 0. The number of carbonyl (C=O) groups excluding carboxylic acids is 2. The van der Waals surface area contributed by atoms with Crippen LogP contribution >= 0.6 is 0 Å². The first kappa shape index (κ1) is 18.7. The lowest BCUT2D eigenvalue weighted by Gasteiger charge is -2.08. The van der Waals surface area contributed by atoms with Crippen molar-refractivity contribution >= 4 is 11.9 Å². The number of cyclic esters (lactones) is 1. The number of hydrogen-bond donors (Lipinski definition) is 1. The second-order valence-corrected chi connectivity index (χ2v) is 6.00. The highest BCUT2D eigenvalue weighted by molar-refractivity contribution is 5.85. The summed E-state index contributed by atoms with van der Waals surface area (Å²) < 4.78 is 4.82. The van der Waals surface area contributed by atoms with Gasteiger partial charge in [-0.15, -0.1) is 0 Å². The molecule has 1 heterocycles. The van der Waals surface area contributed by atoms with Crippen molar-refractivity contribution in [2.24, 2.45) is 0 Å². The van der Waals surface area contributed by atoms with E-state index in [-0.39, 0.29) is 11.9 Å². The zero-order valence-electron chi connectivity index (χ0n) is 13.9. The number of carbonyl (C=O) groups is 2. The average Bonchev–Trinajstić information content (AvgIpc) is 2.90. The normalized spacial score (nSPS) is 17.9. The van der Waals surface area contributed by atoms with Crippen LogP contribution < -0.4 is 5.32 Å². The second-order valence-electron chi connectivity index (χ2n) is 6.00. The van der Waals surface area contributed by atoms with Gasteiger partial charge in [0.05, 0.1) is 6.61 Å². The summed E-state index contributed by atoms with van der Waals surface area (Å²) in [5, 5.41) is 2.74. The fraction of sp³-hybridized carbons (Fsp3) is 0.778. The maximum absolute atomic E-state index is 11.7. The van der Waals surface area contributed by atoms with Gasteiger partial charge in [0.1, 0.15) is 6.04 Å². The van der Waals surface area contributed by atoms with E-state index in [1.807, 2.05) is 0 Å². The third-order valence-corrected chi connectivity index (χ3v) is 3.94. The van der Waals surface area contributed by atoms with Gasteiger partial charge in [-0.25, -0.2) is 4.79 Å². The van der Waals surface area contributed by atoms with Crippen LogP contribution in [-0.4, -0.2) is 24.5 Å². The molecule has 1 N–H and O–H groups in total. The number of amides is 1. The number of nitrogens with one attached hydrogen (secondary N) is 1. The minimum Gasteiger partial charge on any atom is -0.464 e. The van der Waals surface area contributed by atoms with Gasteiger partial charge in [0.2, 0.25) is 5.91 Å². The summed E-state index contributed by atoms with van der Waals surface area (Å²) in [6, 6.07) is -0.410. The van der Waals surface area contributed by atoms with Crippen molar-refractivity contribution in [3.8, 4) is 0 Å². The number of ether oxygens (including phenoxy) is 1. The van der Waals surface area contributed by atoms with E-state index >= 15 is 0 Å². The highest BCUT2D eigenvalue weighted by Gasteiger charge is 2.27. The van der Waals surface area contributed by atoms with Crippen LogP contribution in [0.3, 0.4) is 0 Å². The highest BCUT2D eigenvalue weighted by Crippen LogP contribution is 2.10. The van der Waals surface area contributed by atoms with Crippen LogP contribution in [0, 0.1) is 0 Å². The molecule has 0 aliphatic carbocycles. The van der Waals surface area contributed by atoms with Gasteiger partial charge in [0, 0.05) is 12.8 Å². The standard InChI is InChI=1S/C18H31NO3/c1-2-3-4-5-6-7-8-9-10-11-12-13-17(20)19-16-14-15-22-18(16)21/h5-6,16H,2-4,7-15H2,1H3,(H,19,20). The van der Waals surface area contributed by atoms with Gasteiger partial charge in [-0.3, -0.25) is 4.79 Å². The third-order valence-electron chi connectivity index (χ3n) is 3.94. The molecule has 1 amide bonds. The maximum Gasteiger partial charge on any atom is 0.328 e. The van der Waals surface area contributed by atoms with Crippen LogP contribution in [0.1, 0.15) is 77.6 Å². The summed E-state index contributed by atoms with van der Waals surface area (Å²) in [5.74, 6) is -0.317. The van der Waals surface area contributed by atoms with Gasteiger partial charge in [0.15, 0.2) is 0 Å². The van der Waals surface area contributed by atoms with Gasteiger partial charge in [-0.2, -0.15) is 0 Å². The smallest absolute Gasteiger partial charge is 0.328 e. The van der Waals surface area contributed by atoms with Crippen LogP contribution in [0.5, 0.6) is 0 Å². The van der Waals surface area contributed by atoms with Crippen LogP contribution in [-0.2, 0) is 14.3 Å². The Morgan fingerprint density at radius 3 is 2.50 bits per heavy atom. The number of allylic oxidation sites excluding steroid dienone is 2. The minimum atomic E-state index is -0.410. The lowest BCUT2D eigenvalue weighted by molar-refractivity contribution is -0.141. The topological polar surface area (TPSA) is 55.4 Å². The van der Waals surface area contributed by atoms with Crippen molar-refractivity contribution in [3.63, 3.8) is 0 Å². The Bertz CT molecular complexity index is 352. The largest absolute Gasteiger partial charge is 0.464 e. The molecule has 22 heavy (non-hydrogen) atoms. The summed E-state index contributed by atoms with van der Waals surface area (Å²) in [6.45, 7) is 2.64. The Morgan fingerprint density at radius 2 is 1.82 bits per heavy atom. The van der Waals surface area contributed by atoms with Crippen molar-refractivity contribution in [1.82, 2.24) is 5.32 Å². The van der Waals surface area contributed by atoms with Crippen molar-refractivity contribution in [1.29, 1.82) is 0 Å². The van der Waals surface area contributed by atoms with Gasteiger partial charge < -0.3 is 10.1 Å². The Labute approximate surface area is 134 Å². The molecular formula is C18H31NO3. The molecule has 0 spiro atoms. The van der Waals surface area contributed by atoms with Gasteiger partial charge in [0.25, 0.3) is 0 Å². The first-order valence-corrected chi connectivity index (χ1v) is 8.85. The molecule has 1 aliphatic heterocycles. The maximum atomic E-state index is 11.7. The minimum absolute atomic E-state index is 0.0253. The van der Waals surface area contributed by atoms with Gasteiger partial charge in [-0.05, 0) is 25.7 Å². The molecule has 0 aromatic rings. The predicted molar refractivity (Wildman–Crippen MR) is 88.5 cm³/mol. The highest BCUT2D eigenvalue weighted by atomic mass is 16.5. The summed E-state index contributed by atoms with van der Waals surface area (Å²) in [4.78, 5) is 22.9. The second kappa shape index (κ2) is 12.2. The summed E-state index contributed by atoms with van der Waals surface area (Å²) in [6.07, 6.45) is 16.3. The van der Waals surface area contributed by atoms with E-state index in [0.717, 1.165) is 12.8 Å². The van der Waals surface area contributed by atoms with E-state index in [4.69, 9.17) is 4.74 Å². The molecule has 0 saturated carbocycles. The molecule has 126 valence electrons. The van der Waals surface area contributed by atoms with E-state index in [2.05, 4.69) is 24.4 Å². The fourth-order valence-corrected chi connectivity index (χ4v) is 2.53. The van der Waals surface area contributed by atoms with Crippen molar-refractivity contribution in [3.05, 3.63) is 12.2 Å². The molecule has 1 saturated heterocycles. The van der Waals surface area contributed by atoms with E-state index in [9.17, 15) is 9.59 Å². The number of unbranched alkanes of at least 4 members (excludes halogenated alkanes) is 7. The number of hydrogen-bond acceptors (Lipinski definition) is 3. The zero-order chi connectivity index (χ0) is 16.0. The molecule has 1 fully saturated rings. The zero-order valence-corrected chi connectivity index (χ0v) is 13.9. The van der Waals surface area contributed by atoms with E-state index < -0.39 is 6.04 Å². The van der Waals surface area contributed by atoms with Crippen LogP contribution in [0.25, 0.3) is 0 Å². The molecule has 1 unspecified atom stereocenters. The molecule has 4 nitrogen and oxygen atoms in total. The van der Waals surface area contributed by atoms with Gasteiger partial charge >= 0.3 is 5.97 Å². The quantitative estimate of drug-likeness (QED) is 0.338. The Kier molecular flexibility index (Phi) is 10.4. The first-order valence-electron chi connectivity index (χ1n) is 8.85. The Balaban J connectivity index is 1.87. The number of rotatable bonds is 12.